The summed E-state index contributed by atoms with van der Waals surface area (Å²) in [6.07, 6.45) is 1.12. The Morgan fingerprint density at radius 3 is 1.20 bits per heavy atom. The molecule has 0 aliphatic carbocycles. The van der Waals surface area contributed by atoms with Gasteiger partial charge in [0.1, 0.15) is 0 Å². The van der Waals surface area contributed by atoms with Crippen LogP contribution in [0.1, 0.15) is 0 Å². The average Bonchev–Trinajstić information content (AvgIpc) is 1.61. The number of hydrogen-bond acceptors (Lipinski definition) is 2. The minimum Gasteiger partial charge on any atom is -0.478 e. The van der Waals surface area contributed by atoms with Gasteiger partial charge in [-0.25, -0.2) is 9.59 Å². The number of carboxylic acid groups (broad SMARTS) is 2. The molecular formula is C4H10O4P2. The molecule has 0 aromatic rings. The van der Waals surface area contributed by atoms with Crippen LogP contribution in [0.2, 0.25) is 0 Å². The van der Waals surface area contributed by atoms with E-state index < -0.39 is 11.9 Å². The largest absolute Gasteiger partial charge is 0.478 e. The summed E-state index contributed by atoms with van der Waals surface area (Å²) in [7, 11) is 0. The lowest BCUT2D eigenvalue weighted by Gasteiger charge is -1.74. The molecule has 0 saturated carbocycles. The molecule has 2 N–H and O–H groups in total. The number of rotatable bonds is 2. The predicted molar refractivity (Wildman–Crippen MR) is 46.6 cm³/mol. The zero-order chi connectivity index (χ0) is 6.57. The average molecular weight is 184 g/mol. The molecule has 10 heavy (non-hydrogen) atoms. The van der Waals surface area contributed by atoms with E-state index in [4.69, 9.17) is 10.2 Å². The van der Waals surface area contributed by atoms with Crippen LogP contribution in [0.25, 0.3) is 0 Å². The van der Waals surface area contributed by atoms with Gasteiger partial charge in [0, 0.05) is 12.2 Å². The minimum absolute atomic E-state index is 0. The van der Waals surface area contributed by atoms with Gasteiger partial charge in [-0.3, -0.25) is 0 Å². The molecule has 0 rings (SSSR count). The fraction of sp³-hybridized carbons (Fsp3) is 0. The van der Waals surface area contributed by atoms with Crippen molar-refractivity contribution >= 4 is 31.7 Å². The van der Waals surface area contributed by atoms with Gasteiger partial charge in [-0.2, -0.15) is 19.8 Å². The highest BCUT2D eigenvalue weighted by Crippen LogP contribution is 1.70. The third-order valence-electron chi connectivity index (χ3n) is 0.368. The van der Waals surface area contributed by atoms with E-state index in [0.717, 1.165) is 0 Å². The van der Waals surface area contributed by atoms with Gasteiger partial charge < -0.3 is 10.2 Å². The van der Waals surface area contributed by atoms with E-state index >= 15 is 0 Å². The van der Waals surface area contributed by atoms with Gasteiger partial charge in [-0.1, -0.05) is 0 Å². The Labute approximate surface area is 64.6 Å². The van der Waals surface area contributed by atoms with Gasteiger partial charge in [0.15, 0.2) is 0 Å². The number of aliphatic carboxylic acids is 2. The summed E-state index contributed by atoms with van der Waals surface area (Å²) >= 11 is 0. The van der Waals surface area contributed by atoms with Crippen LogP contribution in [0.15, 0.2) is 12.2 Å². The fourth-order valence-electron chi connectivity index (χ4n) is 0.143. The van der Waals surface area contributed by atoms with Crippen molar-refractivity contribution in [1.82, 2.24) is 0 Å². The lowest BCUT2D eigenvalue weighted by molar-refractivity contribution is -0.134. The quantitative estimate of drug-likeness (QED) is 0.461. The van der Waals surface area contributed by atoms with Crippen LogP contribution in [0.3, 0.4) is 0 Å². The number of hydrogen-bond donors (Lipinski definition) is 2. The van der Waals surface area contributed by atoms with Crippen molar-refractivity contribution < 1.29 is 19.8 Å². The normalized spacial score (nSPS) is 7.60. The molecule has 2 unspecified atom stereocenters. The second kappa shape index (κ2) is 8.54. The second-order valence-corrected chi connectivity index (χ2v) is 1.01. The van der Waals surface area contributed by atoms with Crippen molar-refractivity contribution in [2.24, 2.45) is 0 Å². The van der Waals surface area contributed by atoms with Crippen molar-refractivity contribution in [3.8, 4) is 0 Å². The van der Waals surface area contributed by atoms with Crippen LogP contribution in [0, 0.1) is 0 Å². The highest BCUT2D eigenvalue weighted by atomic mass is 31.0. The van der Waals surface area contributed by atoms with Crippen LogP contribution in [-0.2, 0) is 9.59 Å². The molecule has 0 aromatic heterocycles. The molecule has 4 nitrogen and oxygen atoms in total. The maximum atomic E-state index is 9.55. The van der Waals surface area contributed by atoms with Crippen molar-refractivity contribution in [3.05, 3.63) is 12.2 Å². The summed E-state index contributed by atoms with van der Waals surface area (Å²) in [6.45, 7) is 0. The van der Waals surface area contributed by atoms with E-state index in [1.165, 1.54) is 0 Å². The van der Waals surface area contributed by atoms with Gasteiger partial charge >= 0.3 is 11.9 Å². The van der Waals surface area contributed by atoms with Crippen molar-refractivity contribution in [3.63, 3.8) is 0 Å². The van der Waals surface area contributed by atoms with Crippen LogP contribution < -0.4 is 0 Å². The SMILES string of the molecule is O=C(O)/C=C/C(=O)O.P.P. The minimum atomic E-state index is -1.26. The van der Waals surface area contributed by atoms with Crippen LogP contribution in [0.5, 0.6) is 0 Å². The Morgan fingerprint density at radius 2 is 1.10 bits per heavy atom. The monoisotopic (exact) mass is 184 g/mol. The molecular weight excluding hydrogens is 174 g/mol. The number of carboxylic acids is 2. The Hall–Kier alpha value is -0.460. The first kappa shape index (κ1) is 16.3. The summed E-state index contributed by atoms with van der Waals surface area (Å²) in [4.78, 5) is 19.1. The highest BCUT2D eigenvalue weighted by molar-refractivity contribution is 6.92. The Bertz CT molecular complexity index is 126. The molecule has 0 aromatic carbocycles. The Morgan fingerprint density at radius 1 is 0.900 bits per heavy atom. The molecule has 0 heterocycles. The summed E-state index contributed by atoms with van der Waals surface area (Å²) in [6, 6.07) is 0. The van der Waals surface area contributed by atoms with Gasteiger partial charge in [0.05, 0.1) is 0 Å². The maximum Gasteiger partial charge on any atom is 0.328 e. The van der Waals surface area contributed by atoms with Crippen molar-refractivity contribution in [1.29, 1.82) is 0 Å². The summed E-state index contributed by atoms with van der Waals surface area (Å²) in [5.41, 5.74) is 0. The molecule has 0 radical (unpaired) electrons. The first-order valence-corrected chi connectivity index (χ1v) is 1.77. The first-order valence-electron chi connectivity index (χ1n) is 1.77. The molecule has 6 heteroatoms. The van der Waals surface area contributed by atoms with E-state index in [1.807, 2.05) is 0 Å². The topological polar surface area (TPSA) is 74.6 Å². The molecule has 0 spiro atoms. The lowest BCUT2D eigenvalue weighted by Crippen LogP contribution is -1.91. The summed E-state index contributed by atoms with van der Waals surface area (Å²) in [5, 5.41) is 15.6. The molecule has 0 aliphatic heterocycles. The molecule has 60 valence electrons. The smallest absolute Gasteiger partial charge is 0.328 e. The van der Waals surface area contributed by atoms with E-state index in [1.54, 1.807) is 0 Å². The van der Waals surface area contributed by atoms with E-state index in [2.05, 4.69) is 0 Å². The van der Waals surface area contributed by atoms with Gasteiger partial charge in [0.25, 0.3) is 0 Å². The third kappa shape index (κ3) is 15.6. The highest BCUT2D eigenvalue weighted by Gasteiger charge is 1.88. The second-order valence-electron chi connectivity index (χ2n) is 1.01. The van der Waals surface area contributed by atoms with Crippen LogP contribution in [0.4, 0.5) is 0 Å². The zero-order valence-electron chi connectivity index (χ0n) is 5.28. The Kier molecular flexibility index (Phi) is 13.9. The molecule has 0 saturated heterocycles. The summed E-state index contributed by atoms with van der Waals surface area (Å²) < 4.78 is 0. The fourth-order valence-corrected chi connectivity index (χ4v) is 0.143. The number of carbonyl (C=O) groups is 2. The Balaban J connectivity index is -0.000000245. The van der Waals surface area contributed by atoms with Gasteiger partial charge in [0.2, 0.25) is 0 Å². The van der Waals surface area contributed by atoms with Gasteiger partial charge in [-0.05, 0) is 0 Å². The standard InChI is InChI=1S/C4H4O4.2H3P/c5-3(6)1-2-4(7)8;;/h1-2H,(H,5,6)(H,7,8);2*1H3/b2-1+;;. The molecule has 0 fully saturated rings. The van der Waals surface area contributed by atoms with Crippen molar-refractivity contribution in [2.75, 3.05) is 0 Å². The molecule has 2 atom stereocenters. The maximum absolute atomic E-state index is 9.55. The van der Waals surface area contributed by atoms with E-state index in [-0.39, 0.29) is 19.8 Å². The van der Waals surface area contributed by atoms with E-state index in [9.17, 15) is 9.59 Å². The molecule has 0 amide bonds. The zero-order valence-corrected chi connectivity index (χ0v) is 8.11. The predicted octanol–water partition coefficient (Wildman–Crippen LogP) is -0.172. The van der Waals surface area contributed by atoms with Crippen molar-refractivity contribution in [2.45, 2.75) is 0 Å². The van der Waals surface area contributed by atoms with Crippen LogP contribution in [-0.4, -0.2) is 22.2 Å². The molecule has 0 bridgehead atoms. The van der Waals surface area contributed by atoms with Gasteiger partial charge in [-0.15, -0.1) is 0 Å². The van der Waals surface area contributed by atoms with E-state index in [0.29, 0.717) is 12.2 Å². The summed E-state index contributed by atoms with van der Waals surface area (Å²) in [5.74, 6) is -2.51. The lowest BCUT2D eigenvalue weighted by atomic mass is 10.5. The molecule has 0 aliphatic rings. The first-order chi connectivity index (χ1) is 3.63. The van der Waals surface area contributed by atoms with Crippen LogP contribution >= 0.6 is 19.8 Å². The third-order valence-corrected chi connectivity index (χ3v) is 0.368.